The maximum Gasteiger partial charge on any atom is 0.226 e. The summed E-state index contributed by atoms with van der Waals surface area (Å²) in [5.74, 6) is 0.252. The number of pyridine rings is 1. The number of allylic oxidation sites excluding steroid dienone is 1. The summed E-state index contributed by atoms with van der Waals surface area (Å²) in [7, 11) is 0. The molecule has 1 N–H and O–H groups in total. The molecular formula is C13H13N5O. The van der Waals surface area contributed by atoms with Crippen LogP contribution in [0.25, 0.3) is 0 Å². The molecule has 0 spiro atoms. The summed E-state index contributed by atoms with van der Waals surface area (Å²) in [6.45, 7) is 5.50. The van der Waals surface area contributed by atoms with Crippen molar-refractivity contribution in [1.29, 1.82) is 0 Å². The first-order chi connectivity index (χ1) is 9.18. The molecule has 6 heteroatoms. The number of carbonyl (C=O) groups is 1. The van der Waals surface area contributed by atoms with Crippen molar-refractivity contribution in [3.05, 3.63) is 48.7 Å². The second kappa shape index (κ2) is 4.31. The summed E-state index contributed by atoms with van der Waals surface area (Å²) in [6, 6.07) is 3.52. The molecule has 3 heterocycles. The predicted octanol–water partition coefficient (Wildman–Crippen LogP) is 1.41. The van der Waals surface area contributed by atoms with Crippen LogP contribution >= 0.6 is 0 Å². The van der Waals surface area contributed by atoms with Gasteiger partial charge in [0.05, 0.1) is 12.0 Å². The van der Waals surface area contributed by atoms with Crippen LogP contribution in [0.1, 0.15) is 18.5 Å². The lowest BCUT2D eigenvalue weighted by molar-refractivity contribution is -0.120. The van der Waals surface area contributed by atoms with Crippen LogP contribution in [0.4, 0.5) is 5.95 Å². The Morgan fingerprint density at radius 2 is 2.37 bits per heavy atom. The number of carbonyl (C=O) groups excluding carboxylic acids is 1. The van der Waals surface area contributed by atoms with Crippen molar-refractivity contribution in [1.82, 2.24) is 19.7 Å². The van der Waals surface area contributed by atoms with E-state index in [4.69, 9.17) is 0 Å². The largest absolute Gasteiger partial charge is 0.328 e. The predicted molar refractivity (Wildman–Crippen MR) is 69.3 cm³/mol. The Morgan fingerprint density at radius 3 is 3.05 bits per heavy atom. The summed E-state index contributed by atoms with van der Waals surface area (Å²) < 4.78 is 1.71. The van der Waals surface area contributed by atoms with E-state index in [0.717, 1.165) is 5.56 Å². The van der Waals surface area contributed by atoms with Gasteiger partial charge in [0, 0.05) is 18.1 Å². The molecule has 19 heavy (non-hydrogen) atoms. The van der Waals surface area contributed by atoms with Crippen molar-refractivity contribution in [3.8, 4) is 0 Å². The zero-order valence-electron chi connectivity index (χ0n) is 10.4. The Bertz CT molecular complexity index is 633. The van der Waals surface area contributed by atoms with E-state index in [0.29, 0.717) is 11.6 Å². The average molecular weight is 255 g/mol. The Labute approximate surface area is 110 Å². The highest BCUT2D eigenvalue weighted by Crippen LogP contribution is 2.36. The lowest BCUT2D eigenvalue weighted by Crippen LogP contribution is -2.36. The van der Waals surface area contributed by atoms with Crippen molar-refractivity contribution in [2.75, 3.05) is 5.32 Å². The van der Waals surface area contributed by atoms with E-state index in [2.05, 4.69) is 27.0 Å². The number of hydrogen-bond donors (Lipinski definition) is 1. The zero-order chi connectivity index (χ0) is 13.4. The molecule has 6 nitrogen and oxygen atoms in total. The zero-order valence-corrected chi connectivity index (χ0v) is 10.4. The molecule has 0 fully saturated rings. The number of nitrogens with zero attached hydrogens (tertiary/aromatic N) is 4. The summed E-state index contributed by atoms with van der Waals surface area (Å²) in [6.07, 6.45) is 4.90. The van der Waals surface area contributed by atoms with E-state index >= 15 is 0 Å². The minimum absolute atomic E-state index is 0.0347. The van der Waals surface area contributed by atoms with Gasteiger partial charge < -0.3 is 5.32 Å². The third-order valence-corrected chi connectivity index (χ3v) is 3.26. The van der Waals surface area contributed by atoms with Crippen molar-refractivity contribution >= 4 is 11.7 Å². The van der Waals surface area contributed by atoms with Crippen LogP contribution in [0.5, 0.6) is 0 Å². The van der Waals surface area contributed by atoms with Crippen LogP contribution in [-0.4, -0.2) is 25.5 Å². The smallest absolute Gasteiger partial charge is 0.226 e. The monoisotopic (exact) mass is 255 g/mol. The first kappa shape index (κ1) is 11.6. The molecule has 1 aliphatic rings. The molecule has 2 atom stereocenters. The van der Waals surface area contributed by atoms with E-state index in [-0.39, 0.29) is 17.7 Å². The molecule has 0 radical (unpaired) electrons. The van der Waals surface area contributed by atoms with Gasteiger partial charge >= 0.3 is 0 Å². The molecule has 0 aliphatic carbocycles. The number of rotatable bonds is 2. The van der Waals surface area contributed by atoms with Crippen molar-refractivity contribution < 1.29 is 4.79 Å². The molecule has 2 aromatic heterocycles. The van der Waals surface area contributed by atoms with Crippen LogP contribution in [0, 0.1) is 5.92 Å². The summed E-state index contributed by atoms with van der Waals surface area (Å²) in [5.41, 5.74) is 1.55. The topological polar surface area (TPSA) is 72.7 Å². The van der Waals surface area contributed by atoms with Gasteiger partial charge in [-0.25, -0.2) is 4.68 Å². The highest BCUT2D eigenvalue weighted by Gasteiger charge is 2.37. The first-order valence-corrected chi connectivity index (χ1v) is 5.94. The molecule has 0 bridgehead atoms. The lowest BCUT2D eigenvalue weighted by Gasteiger charge is -2.32. The Morgan fingerprint density at radius 1 is 1.53 bits per heavy atom. The van der Waals surface area contributed by atoms with Gasteiger partial charge in [-0.1, -0.05) is 12.6 Å². The third-order valence-electron chi connectivity index (χ3n) is 3.26. The summed E-state index contributed by atoms with van der Waals surface area (Å²) >= 11 is 0. The van der Waals surface area contributed by atoms with Gasteiger partial charge in [-0.3, -0.25) is 9.78 Å². The minimum Gasteiger partial charge on any atom is -0.328 e. The van der Waals surface area contributed by atoms with Crippen molar-refractivity contribution in [3.63, 3.8) is 0 Å². The molecular weight excluding hydrogens is 242 g/mol. The van der Waals surface area contributed by atoms with Gasteiger partial charge in [0.25, 0.3) is 0 Å². The van der Waals surface area contributed by atoms with E-state index in [1.165, 1.54) is 6.33 Å². The van der Waals surface area contributed by atoms with Crippen molar-refractivity contribution in [2.24, 2.45) is 5.92 Å². The first-order valence-electron chi connectivity index (χ1n) is 5.94. The molecule has 0 saturated carbocycles. The fraction of sp³-hybridized carbons (Fsp3) is 0.231. The van der Waals surface area contributed by atoms with Crippen LogP contribution < -0.4 is 5.32 Å². The Kier molecular flexibility index (Phi) is 2.63. The van der Waals surface area contributed by atoms with Crippen molar-refractivity contribution in [2.45, 2.75) is 13.0 Å². The summed E-state index contributed by atoms with van der Waals surface area (Å²) in [4.78, 5) is 20.2. The number of aromatic nitrogens is 4. The van der Waals surface area contributed by atoms with E-state index in [1.54, 1.807) is 24.0 Å². The molecule has 0 saturated heterocycles. The minimum atomic E-state index is -0.376. The van der Waals surface area contributed by atoms with E-state index < -0.39 is 0 Å². The normalized spacial score (nSPS) is 21.6. The second-order valence-corrected chi connectivity index (χ2v) is 4.50. The van der Waals surface area contributed by atoms with Crippen LogP contribution in [0.2, 0.25) is 0 Å². The SMILES string of the molecule is C=C1Nc2ncnn2C(c2cccnc2)C1C(C)=O. The highest BCUT2D eigenvalue weighted by atomic mass is 16.1. The number of Topliss-reactive ketones (excluding diaryl/α,β-unsaturated/α-hetero) is 1. The number of nitrogens with one attached hydrogen (secondary N) is 1. The van der Waals surface area contributed by atoms with E-state index in [9.17, 15) is 4.79 Å². The summed E-state index contributed by atoms with van der Waals surface area (Å²) in [5, 5.41) is 7.23. The maximum atomic E-state index is 11.9. The highest BCUT2D eigenvalue weighted by molar-refractivity contribution is 5.83. The number of anilines is 1. The molecule has 3 rings (SSSR count). The van der Waals surface area contributed by atoms with Gasteiger partial charge in [0.1, 0.15) is 12.1 Å². The Balaban J connectivity index is 2.17. The van der Waals surface area contributed by atoms with Gasteiger partial charge in [0.15, 0.2) is 0 Å². The van der Waals surface area contributed by atoms with Gasteiger partial charge in [0.2, 0.25) is 5.95 Å². The molecule has 96 valence electrons. The quantitative estimate of drug-likeness (QED) is 0.878. The standard InChI is InChI=1S/C13H13N5O/c1-8-11(9(2)19)12(10-4-3-5-14-6-10)18-13(17-8)15-7-16-18/h3-7,11-12H,1H2,2H3,(H,15,16,17). The number of fused-ring (bicyclic) bond motifs is 1. The molecule has 1 aliphatic heterocycles. The lowest BCUT2D eigenvalue weighted by atomic mass is 9.87. The molecule has 2 unspecified atom stereocenters. The fourth-order valence-corrected chi connectivity index (χ4v) is 2.45. The Hall–Kier alpha value is -2.50. The average Bonchev–Trinajstić information content (AvgIpc) is 2.85. The second-order valence-electron chi connectivity index (χ2n) is 4.50. The number of hydrogen-bond acceptors (Lipinski definition) is 5. The van der Waals surface area contributed by atoms with Gasteiger partial charge in [-0.2, -0.15) is 10.1 Å². The molecule has 2 aromatic rings. The molecule has 0 aromatic carbocycles. The maximum absolute atomic E-state index is 11.9. The van der Waals surface area contributed by atoms with Gasteiger partial charge in [-0.05, 0) is 18.6 Å². The fourth-order valence-electron chi connectivity index (χ4n) is 2.45. The van der Waals surface area contributed by atoms with Crippen LogP contribution in [-0.2, 0) is 4.79 Å². The third kappa shape index (κ3) is 1.81. The molecule has 0 amide bonds. The van der Waals surface area contributed by atoms with Crippen LogP contribution in [0.15, 0.2) is 43.1 Å². The van der Waals surface area contributed by atoms with Crippen LogP contribution in [0.3, 0.4) is 0 Å². The number of ketones is 1. The van der Waals surface area contributed by atoms with E-state index in [1.807, 2.05) is 12.1 Å². The van der Waals surface area contributed by atoms with Gasteiger partial charge in [-0.15, -0.1) is 0 Å².